The number of benzene rings is 1. The highest BCUT2D eigenvalue weighted by Gasteiger charge is 2.06. The second-order valence-electron chi connectivity index (χ2n) is 4.87. The maximum Gasteiger partial charge on any atom is 0.229 e. The summed E-state index contributed by atoms with van der Waals surface area (Å²) in [7, 11) is 0. The summed E-state index contributed by atoms with van der Waals surface area (Å²) in [5.74, 6) is -0.00193. The van der Waals surface area contributed by atoms with Gasteiger partial charge >= 0.3 is 0 Å². The molecule has 0 aliphatic rings. The van der Waals surface area contributed by atoms with Crippen LogP contribution in [0.15, 0.2) is 35.2 Å². The lowest BCUT2D eigenvalue weighted by atomic mass is 10.1. The number of nitrogens with zero attached hydrogens (tertiary/aromatic N) is 1. The van der Waals surface area contributed by atoms with Gasteiger partial charge in [0.05, 0.1) is 12.1 Å². The van der Waals surface area contributed by atoms with Gasteiger partial charge in [0.15, 0.2) is 0 Å². The minimum atomic E-state index is -0.00193. The van der Waals surface area contributed by atoms with E-state index in [2.05, 4.69) is 35.7 Å². The van der Waals surface area contributed by atoms with E-state index in [0.717, 1.165) is 16.3 Å². The van der Waals surface area contributed by atoms with Crippen LogP contribution in [-0.4, -0.2) is 15.5 Å². The van der Waals surface area contributed by atoms with Gasteiger partial charge in [0.1, 0.15) is 5.00 Å². The average molecular weight is 306 g/mol. The predicted octanol–water partition coefficient (Wildman–Crippen LogP) is 4.13. The third-order valence-electron chi connectivity index (χ3n) is 2.55. The molecule has 0 radical (unpaired) electrons. The van der Waals surface area contributed by atoms with Crippen LogP contribution in [0.25, 0.3) is 0 Å². The first-order chi connectivity index (χ1) is 9.52. The molecule has 1 aromatic heterocycles. The van der Waals surface area contributed by atoms with E-state index in [0.29, 0.717) is 11.7 Å². The average Bonchev–Trinajstić information content (AvgIpc) is 2.76. The summed E-state index contributed by atoms with van der Waals surface area (Å²) in [5, 5.41) is 4.24. The molecule has 1 aromatic carbocycles. The number of aryl methyl sites for hydroxylation is 1. The van der Waals surface area contributed by atoms with Gasteiger partial charge in [-0.05, 0) is 42.2 Å². The zero-order chi connectivity index (χ0) is 14.5. The molecule has 0 fully saturated rings. The fraction of sp³-hybridized carbons (Fsp3) is 0.333. The molecule has 1 heterocycles. The van der Waals surface area contributed by atoms with Gasteiger partial charge in [-0.1, -0.05) is 26.0 Å². The number of carbonyl (C=O) groups is 1. The van der Waals surface area contributed by atoms with E-state index in [1.165, 1.54) is 16.4 Å². The van der Waals surface area contributed by atoms with E-state index in [1.807, 2.05) is 36.9 Å². The van der Waals surface area contributed by atoms with Crippen molar-refractivity contribution in [2.75, 3.05) is 5.32 Å². The summed E-state index contributed by atoms with van der Waals surface area (Å²) in [6.45, 7) is 6.25. The molecule has 1 N–H and O–H groups in total. The van der Waals surface area contributed by atoms with Crippen molar-refractivity contribution < 1.29 is 4.79 Å². The summed E-state index contributed by atoms with van der Waals surface area (Å²) in [6.07, 6.45) is 0.392. The lowest BCUT2D eigenvalue weighted by Crippen LogP contribution is -2.13. The van der Waals surface area contributed by atoms with E-state index in [4.69, 9.17) is 0 Å². The first-order valence-corrected chi connectivity index (χ1v) is 8.17. The molecule has 0 spiro atoms. The second-order valence-corrected chi connectivity index (χ2v) is 7.32. The van der Waals surface area contributed by atoms with Crippen LogP contribution in [0.1, 0.15) is 25.1 Å². The summed E-state index contributed by atoms with van der Waals surface area (Å²) < 4.78 is 4.14. The second kappa shape index (κ2) is 6.90. The molecule has 0 saturated carbocycles. The van der Waals surface area contributed by atoms with Crippen LogP contribution in [0, 0.1) is 6.92 Å². The van der Waals surface area contributed by atoms with Crippen molar-refractivity contribution in [3.8, 4) is 0 Å². The van der Waals surface area contributed by atoms with Gasteiger partial charge in [-0.3, -0.25) is 4.79 Å². The van der Waals surface area contributed by atoms with E-state index < -0.39 is 0 Å². The van der Waals surface area contributed by atoms with E-state index in [1.54, 1.807) is 0 Å². The Morgan fingerprint density at radius 2 is 2.05 bits per heavy atom. The smallest absolute Gasteiger partial charge is 0.229 e. The number of rotatable bonds is 5. The van der Waals surface area contributed by atoms with Gasteiger partial charge in [0.2, 0.25) is 5.91 Å². The zero-order valence-electron chi connectivity index (χ0n) is 11.8. The summed E-state index contributed by atoms with van der Waals surface area (Å²) in [6, 6.07) is 10.1. The molecule has 5 heteroatoms. The fourth-order valence-corrected chi connectivity index (χ4v) is 3.26. The van der Waals surface area contributed by atoms with Crippen molar-refractivity contribution in [1.82, 2.24) is 4.37 Å². The molecule has 2 rings (SSSR count). The first-order valence-electron chi connectivity index (χ1n) is 6.51. The third kappa shape index (κ3) is 4.65. The molecule has 2 aromatic rings. The van der Waals surface area contributed by atoms with Crippen molar-refractivity contribution in [1.29, 1.82) is 0 Å². The Balaban J connectivity index is 1.91. The molecule has 0 aliphatic heterocycles. The van der Waals surface area contributed by atoms with E-state index in [-0.39, 0.29) is 5.91 Å². The molecule has 0 aliphatic carbocycles. The van der Waals surface area contributed by atoms with Crippen LogP contribution < -0.4 is 5.32 Å². The van der Waals surface area contributed by atoms with Crippen LogP contribution in [0.2, 0.25) is 0 Å². The molecule has 3 nitrogen and oxygen atoms in total. The molecular weight excluding hydrogens is 288 g/mol. The number of nitrogens with one attached hydrogen (secondary N) is 1. The maximum absolute atomic E-state index is 11.9. The summed E-state index contributed by atoms with van der Waals surface area (Å²) >= 11 is 3.14. The van der Waals surface area contributed by atoms with Crippen LogP contribution in [0.5, 0.6) is 0 Å². The Morgan fingerprint density at radius 1 is 1.35 bits per heavy atom. The highest BCUT2D eigenvalue weighted by atomic mass is 32.2. The SMILES string of the molecule is Cc1cc(NC(=O)Cc2ccc(SC(C)C)cc2)sn1. The van der Waals surface area contributed by atoms with Crippen molar-refractivity contribution >= 4 is 34.2 Å². The van der Waals surface area contributed by atoms with Gasteiger partial charge in [0, 0.05) is 10.1 Å². The Bertz CT molecular complexity index is 576. The highest BCUT2D eigenvalue weighted by Crippen LogP contribution is 2.23. The van der Waals surface area contributed by atoms with E-state index in [9.17, 15) is 4.79 Å². The number of carbonyl (C=O) groups excluding carboxylic acids is 1. The topological polar surface area (TPSA) is 42.0 Å². The molecule has 0 saturated heterocycles. The molecule has 20 heavy (non-hydrogen) atoms. The molecule has 0 bridgehead atoms. The van der Waals surface area contributed by atoms with Crippen LogP contribution in [-0.2, 0) is 11.2 Å². The minimum absolute atomic E-state index is 0.00193. The van der Waals surface area contributed by atoms with Crippen molar-refractivity contribution in [2.45, 2.75) is 37.3 Å². The quantitative estimate of drug-likeness (QED) is 0.844. The molecule has 0 atom stereocenters. The number of thioether (sulfide) groups is 1. The normalized spacial score (nSPS) is 10.8. The predicted molar refractivity (Wildman–Crippen MR) is 86.6 cm³/mol. The van der Waals surface area contributed by atoms with Crippen molar-refractivity contribution in [3.63, 3.8) is 0 Å². The van der Waals surface area contributed by atoms with Crippen molar-refractivity contribution in [3.05, 3.63) is 41.6 Å². The number of aromatic nitrogens is 1. The Hall–Kier alpha value is -1.33. The Kier molecular flexibility index (Phi) is 5.20. The highest BCUT2D eigenvalue weighted by molar-refractivity contribution is 7.99. The summed E-state index contributed by atoms with van der Waals surface area (Å²) in [5.41, 5.74) is 1.96. The van der Waals surface area contributed by atoms with Crippen molar-refractivity contribution in [2.24, 2.45) is 0 Å². The minimum Gasteiger partial charge on any atom is -0.316 e. The molecular formula is C15H18N2OS2. The lowest BCUT2D eigenvalue weighted by molar-refractivity contribution is -0.115. The summed E-state index contributed by atoms with van der Waals surface area (Å²) in [4.78, 5) is 13.2. The largest absolute Gasteiger partial charge is 0.316 e. The van der Waals surface area contributed by atoms with Crippen LogP contribution >= 0.6 is 23.3 Å². The van der Waals surface area contributed by atoms with Gasteiger partial charge in [-0.2, -0.15) is 4.37 Å². The zero-order valence-corrected chi connectivity index (χ0v) is 13.5. The monoisotopic (exact) mass is 306 g/mol. The van der Waals surface area contributed by atoms with Crippen LogP contribution in [0.3, 0.4) is 0 Å². The van der Waals surface area contributed by atoms with Gasteiger partial charge in [-0.15, -0.1) is 11.8 Å². The Morgan fingerprint density at radius 3 is 2.60 bits per heavy atom. The maximum atomic E-state index is 11.9. The number of anilines is 1. The number of amides is 1. The molecule has 0 unspecified atom stereocenters. The third-order valence-corrected chi connectivity index (χ3v) is 4.36. The van der Waals surface area contributed by atoms with Crippen LogP contribution in [0.4, 0.5) is 5.00 Å². The Labute approximate surface area is 128 Å². The molecule has 1 amide bonds. The van der Waals surface area contributed by atoms with Gasteiger partial charge in [0.25, 0.3) is 0 Å². The first kappa shape index (κ1) is 15.1. The van der Waals surface area contributed by atoms with E-state index >= 15 is 0 Å². The lowest BCUT2D eigenvalue weighted by Gasteiger charge is -2.06. The van der Waals surface area contributed by atoms with Gasteiger partial charge < -0.3 is 5.32 Å². The standard InChI is InChI=1S/C15H18N2OS2/c1-10(2)19-13-6-4-12(5-7-13)9-14(18)16-15-8-11(3)17-20-15/h4-8,10H,9H2,1-3H3,(H,16,18). The number of hydrogen-bond donors (Lipinski definition) is 1. The molecule has 106 valence electrons. The number of hydrogen-bond acceptors (Lipinski definition) is 4. The van der Waals surface area contributed by atoms with Gasteiger partial charge in [-0.25, -0.2) is 0 Å². The fourth-order valence-electron chi connectivity index (χ4n) is 1.75.